The average Bonchev–Trinajstić information content (AvgIpc) is 3.04. The van der Waals surface area contributed by atoms with Crippen molar-refractivity contribution in [3.8, 4) is 11.3 Å². The van der Waals surface area contributed by atoms with E-state index in [-0.39, 0.29) is 23.4 Å². The molecule has 134 valence electrons. The van der Waals surface area contributed by atoms with Gasteiger partial charge in [-0.3, -0.25) is 9.48 Å². The fraction of sp³-hybridized carbons (Fsp3) is 0.200. The molecule has 2 aromatic carbocycles. The molecule has 0 saturated carbocycles. The molecule has 3 rings (SSSR count). The molecular weight excluding hydrogens is 333 g/mol. The van der Waals surface area contributed by atoms with E-state index < -0.39 is 17.8 Å². The zero-order chi connectivity index (χ0) is 18.5. The molecule has 1 aromatic heterocycles. The second-order valence-electron chi connectivity index (χ2n) is 6.09. The average molecular weight is 353 g/mol. The summed E-state index contributed by atoms with van der Waals surface area (Å²) in [7, 11) is 1.68. The minimum Gasteiger partial charge on any atom is -0.394 e. The molecule has 0 bridgehead atoms. The number of hydrogen-bond donors (Lipinski definition) is 2. The molecule has 0 saturated heterocycles. The van der Waals surface area contributed by atoms with Crippen molar-refractivity contribution in [3.63, 3.8) is 0 Å². The highest BCUT2D eigenvalue weighted by Gasteiger charge is 2.21. The molecular formula is C20H20FN3O2. The van der Waals surface area contributed by atoms with E-state index in [0.717, 1.165) is 5.56 Å². The summed E-state index contributed by atoms with van der Waals surface area (Å²) in [5.41, 5.74) is 1.82. The van der Waals surface area contributed by atoms with Gasteiger partial charge in [0.2, 0.25) is 0 Å². The van der Waals surface area contributed by atoms with Crippen LogP contribution in [0.3, 0.4) is 0 Å². The lowest BCUT2D eigenvalue weighted by Gasteiger charge is -2.16. The number of aryl methyl sites for hydroxylation is 1. The topological polar surface area (TPSA) is 67.2 Å². The smallest absolute Gasteiger partial charge is 0.255 e. The summed E-state index contributed by atoms with van der Waals surface area (Å²) >= 11 is 0. The van der Waals surface area contributed by atoms with Gasteiger partial charge in [-0.1, -0.05) is 42.5 Å². The Bertz CT molecular complexity index is 893. The molecule has 5 nitrogen and oxygen atoms in total. The van der Waals surface area contributed by atoms with Crippen molar-refractivity contribution in [3.05, 3.63) is 77.7 Å². The summed E-state index contributed by atoms with van der Waals surface area (Å²) < 4.78 is 15.6. The fourth-order valence-corrected chi connectivity index (χ4v) is 2.83. The molecule has 1 heterocycles. The Hall–Kier alpha value is -2.99. The molecule has 1 unspecified atom stereocenters. The van der Waals surface area contributed by atoms with Crippen LogP contribution in [-0.4, -0.2) is 33.4 Å². The summed E-state index contributed by atoms with van der Waals surface area (Å²) in [6, 6.07) is 15.3. The molecule has 0 aliphatic heterocycles. The maximum absolute atomic E-state index is 14.1. The van der Waals surface area contributed by atoms with Crippen LogP contribution in [0, 0.1) is 5.82 Å². The van der Waals surface area contributed by atoms with Crippen LogP contribution in [0.1, 0.15) is 15.9 Å². The van der Waals surface area contributed by atoms with Crippen LogP contribution in [0.4, 0.5) is 4.39 Å². The van der Waals surface area contributed by atoms with Gasteiger partial charge in [0.15, 0.2) is 0 Å². The number of aliphatic hydroxyl groups is 1. The van der Waals surface area contributed by atoms with Gasteiger partial charge in [-0.05, 0) is 24.1 Å². The molecule has 6 heteroatoms. The zero-order valence-corrected chi connectivity index (χ0v) is 14.4. The first kappa shape index (κ1) is 17.8. The maximum atomic E-state index is 14.1. The first-order valence-corrected chi connectivity index (χ1v) is 8.32. The van der Waals surface area contributed by atoms with Gasteiger partial charge < -0.3 is 10.4 Å². The van der Waals surface area contributed by atoms with Crippen molar-refractivity contribution in [1.82, 2.24) is 15.1 Å². The summed E-state index contributed by atoms with van der Waals surface area (Å²) in [5.74, 6) is -0.838. The van der Waals surface area contributed by atoms with Gasteiger partial charge in [-0.2, -0.15) is 5.10 Å². The predicted octanol–water partition coefficient (Wildman–Crippen LogP) is 2.56. The van der Waals surface area contributed by atoms with Gasteiger partial charge in [-0.25, -0.2) is 4.39 Å². The Morgan fingerprint density at radius 2 is 1.88 bits per heavy atom. The first-order valence-electron chi connectivity index (χ1n) is 8.32. The number of hydrogen-bond acceptors (Lipinski definition) is 3. The minimum absolute atomic E-state index is 0.198. The van der Waals surface area contributed by atoms with E-state index in [1.807, 2.05) is 30.3 Å². The Morgan fingerprint density at radius 1 is 1.19 bits per heavy atom. The molecule has 2 N–H and O–H groups in total. The van der Waals surface area contributed by atoms with Gasteiger partial charge in [0.05, 0.1) is 18.2 Å². The van der Waals surface area contributed by atoms with Crippen LogP contribution in [-0.2, 0) is 13.5 Å². The largest absolute Gasteiger partial charge is 0.394 e. The number of aliphatic hydroxyl groups excluding tert-OH is 1. The number of nitrogens with one attached hydrogen (secondary N) is 1. The van der Waals surface area contributed by atoms with E-state index in [9.17, 15) is 14.3 Å². The highest BCUT2D eigenvalue weighted by molar-refractivity contribution is 6.00. The Labute approximate surface area is 151 Å². The van der Waals surface area contributed by atoms with E-state index in [4.69, 9.17) is 0 Å². The van der Waals surface area contributed by atoms with Crippen LogP contribution in [0.25, 0.3) is 11.3 Å². The van der Waals surface area contributed by atoms with E-state index in [2.05, 4.69) is 10.4 Å². The van der Waals surface area contributed by atoms with E-state index in [1.54, 1.807) is 31.4 Å². The van der Waals surface area contributed by atoms with Gasteiger partial charge in [0.25, 0.3) is 5.91 Å². The van der Waals surface area contributed by atoms with E-state index in [0.29, 0.717) is 6.42 Å². The molecule has 0 spiro atoms. The minimum atomic E-state index is -0.446. The van der Waals surface area contributed by atoms with E-state index >= 15 is 0 Å². The van der Waals surface area contributed by atoms with Gasteiger partial charge in [0, 0.05) is 18.8 Å². The van der Waals surface area contributed by atoms with Gasteiger partial charge >= 0.3 is 0 Å². The maximum Gasteiger partial charge on any atom is 0.255 e. The summed E-state index contributed by atoms with van der Waals surface area (Å²) in [4.78, 5) is 12.7. The van der Waals surface area contributed by atoms with Crippen molar-refractivity contribution < 1.29 is 14.3 Å². The molecule has 26 heavy (non-hydrogen) atoms. The van der Waals surface area contributed by atoms with Crippen molar-refractivity contribution in [2.75, 3.05) is 6.61 Å². The zero-order valence-electron chi connectivity index (χ0n) is 14.4. The molecule has 0 aliphatic carbocycles. The fourth-order valence-electron chi connectivity index (χ4n) is 2.83. The molecule has 0 radical (unpaired) electrons. The Kier molecular flexibility index (Phi) is 5.43. The molecule has 1 amide bonds. The van der Waals surface area contributed by atoms with Crippen molar-refractivity contribution in [2.24, 2.45) is 7.05 Å². The van der Waals surface area contributed by atoms with Crippen molar-refractivity contribution in [2.45, 2.75) is 12.5 Å². The second-order valence-corrected chi connectivity index (χ2v) is 6.09. The monoisotopic (exact) mass is 353 g/mol. The lowest BCUT2D eigenvalue weighted by Crippen LogP contribution is -2.39. The number of carbonyl (C=O) groups excluding carboxylic acids is 1. The number of nitrogens with zero attached hydrogens (tertiary/aromatic N) is 2. The number of rotatable bonds is 6. The molecule has 0 fully saturated rings. The molecule has 0 aliphatic rings. The van der Waals surface area contributed by atoms with Crippen LogP contribution in [0.15, 0.2) is 60.8 Å². The van der Waals surface area contributed by atoms with Gasteiger partial charge in [-0.15, -0.1) is 0 Å². The van der Waals surface area contributed by atoms with Crippen LogP contribution < -0.4 is 5.32 Å². The third-order valence-electron chi connectivity index (χ3n) is 4.08. The van der Waals surface area contributed by atoms with Crippen LogP contribution in [0.2, 0.25) is 0 Å². The van der Waals surface area contributed by atoms with Crippen molar-refractivity contribution >= 4 is 5.91 Å². The summed E-state index contributed by atoms with van der Waals surface area (Å²) in [6.07, 6.45) is 2.05. The lowest BCUT2D eigenvalue weighted by atomic mass is 10.0. The third-order valence-corrected chi connectivity index (χ3v) is 4.08. The number of benzene rings is 2. The number of aromatic nitrogens is 2. The summed E-state index contributed by atoms with van der Waals surface area (Å²) in [5, 5.41) is 16.7. The number of amides is 1. The number of carbonyl (C=O) groups is 1. The highest BCUT2D eigenvalue weighted by Crippen LogP contribution is 2.24. The summed E-state index contributed by atoms with van der Waals surface area (Å²) in [6.45, 7) is -0.198. The Balaban J connectivity index is 1.83. The Morgan fingerprint density at radius 3 is 2.58 bits per heavy atom. The lowest BCUT2D eigenvalue weighted by molar-refractivity contribution is 0.0917. The predicted molar refractivity (Wildman–Crippen MR) is 97.1 cm³/mol. The normalized spacial score (nSPS) is 12.0. The quantitative estimate of drug-likeness (QED) is 0.716. The third kappa shape index (κ3) is 3.97. The van der Waals surface area contributed by atoms with Gasteiger partial charge in [0.1, 0.15) is 11.5 Å². The molecule has 3 aromatic rings. The standard InChI is InChI=1S/C20H20FN3O2/c1-24-12-17(19(23-24)16-9-5-6-10-18(16)21)20(26)22-15(13-25)11-14-7-3-2-4-8-14/h2-10,12,15,25H,11,13H2,1H3,(H,22,26). The van der Waals surface area contributed by atoms with Crippen LogP contribution >= 0.6 is 0 Å². The van der Waals surface area contributed by atoms with E-state index in [1.165, 1.54) is 10.7 Å². The SMILES string of the molecule is Cn1cc(C(=O)NC(CO)Cc2ccccc2)c(-c2ccccc2F)n1. The first-order chi connectivity index (χ1) is 12.6. The number of halogens is 1. The second kappa shape index (κ2) is 7.93. The highest BCUT2D eigenvalue weighted by atomic mass is 19.1. The van der Waals surface area contributed by atoms with Crippen LogP contribution in [0.5, 0.6) is 0 Å². The van der Waals surface area contributed by atoms with Crippen molar-refractivity contribution in [1.29, 1.82) is 0 Å². The molecule has 1 atom stereocenters.